The number of anilines is 1. The van der Waals surface area contributed by atoms with Crippen molar-refractivity contribution in [1.82, 2.24) is 4.98 Å². The first-order chi connectivity index (χ1) is 11.2. The topological polar surface area (TPSA) is 42.0 Å². The van der Waals surface area contributed by atoms with Gasteiger partial charge in [-0.3, -0.25) is 10.1 Å². The Kier molecular flexibility index (Phi) is 3.32. The fraction of sp³-hybridized carbons (Fsp3) is 0.0526. The van der Waals surface area contributed by atoms with Crippen molar-refractivity contribution in [2.24, 2.45) is 0 Å². The molecule has 4 rings (SSSR count). The maximum Gasteiger partial charge on any atom is 0.257 e. The highest BCUT2D eigenvalue weighted by Crippen LogP contribution is 2.31. The first-order valence-electron chi connectivity index (χ1n) is 7.37. The van der Waals surface area contributed by atoms with Crippen LogP contribution in [-0.4, -0.2) is 10.9 Å². The van der Waals surface area contributed by atoms with E-state index in [1.807, 2.05) is 43.3 Å². The number of nitrogens with one attached hydrogen (secondary N) is 1. The number of aryl methyl sites for hydroxylation is 1. The standard InChI is InChI=1S/C19H14N2OS/c1-12-6-8-14(9-7-12)18(22)21-19-20-17-15-5-3-2-4-13(15)10-11-16(17)23-19/h2-11H,1H3,(H,20,21,22). The second kappa shape index (κ2) is 5.48. The van der Waals surface area contributed by atoms with Crippen molar-refractivity contribution in [3.8, 4) is 0 Å². The average molecular weight is 318 g/mol. The minimum Gasteiger partial charge on any atom is -0.298 e. The molecule has 0 spiro atoms. The molecule has 0 aliphatic heterocycles. The van der Waals surface area contributed by atoms with Gasteiger partial charge in [-0.15, -0.1) is 0 Å². The number of carbonyl (C=O) groups is 1. The van der Waals surface area contributed by atoms with Crippen LogP contribution in [0.25, 0.3) is 21.0 Å². The van der Waals surface area contributed by atoms with Crippen molar-refractivity contribution in [3.05, 3.63) is 71.8 Å². The fourth-order valence-corrected chi connectivity index (χ4v) is 3.47. The maximum atomic E-state index is 12.3. The number of carbonyl (C=O) groups excluding carboxylic acids is 1. The van der Waals surface area contributed by atoms with Crippen molar-refractivity contribution in [3.63, 3.8) is 0 Å². The number of fused-ring (bicyclic) bond motifs is 3. The van der Waals surface area contributed by atoms with E-state index in [4.69, 9.17) is 0 Å². The third-order valence-corrected chi connectivity index (χ3v) is 4.75. The van der Waals surface area contributed by atoms with Crippen LogP contribution < -0.4 is 5.32 Å². The molecule has 0 unspecified atom stereocenters. The molecular weight excluding hydrogens is 304 g/mol. The summed E-state index contributed by atoms with van der Waals surface area (Å²) in [5.74, 6) is -0.131. The zero-order valence-corrected chi connectivity index (χ0v) is 13.4. The van der Waals surface area contributed by atoms with Crippen LogP contribution in [0, 0.1) is 6.92 Å². The van der Waals surface area contributed by atoms with E-state index < -0.39 is 0 Å². The molecule has 1 aromatic heterocycles. The van der Waals surface area contributed by atoms with Crippen molar-refractivity contribution in [2.75, 3.05) is 5.32 Å². The monoisotopic (exact) mass is 318 g/mol. The zero-order valence-electron chi connectivity index (χ0n) is 12.5. The van der Waals surface area contributed by atoms with Crippen molar-refractivity contribution >= 4 is 43.4 Å². The minimum atomic E-state index is -0.131. The van der Waals surface area contributed by atoms with E-state index in [1.54, 1.807) is 0 Å². The number of rotatable bonds is 2. The normalized spacial score (nSPS) is 11.0. The van der Waals surface area contributed by atoms with Gasteiger partial charge in [0.05, 0.1) is 10.2 Å². The van der Waals surface area contributed by atoms with Gasteiger partial charge >= 0.3 is 0 Å². The van der Waals surface area contributed by atoms with E-state index in [0.29, 0.717) is 10.7 Å². The number of hydrogen-bond donors (Lipinski definition) is 1. The van der Waals surface area contributed by atoms with E-state index in [0.717, 1.165) is 26.6 Å². The molecule has 0 saturated heterocycles. The lowest BCUT2D eigenvalue weighted by atomic mass is 10.1. The molecule has 0 radical (unpaired) electrons. The molecule has 1 N–H and O–H groups in total. The van der Waals surface area contributed by atoms with E-state index in [-0.39, 0.29) is 5.91 Å². The summed E-state index contributed by atoms with van der Waals surface area (Å²) < 4.78 is 1.07. The third-order valence-electron chi connectivity index (χ3n) is 3.82. The lowest BCUT2D eigenvalue weighted by Crippen LogP contribution is -2.11. The third kappa shape index (κ3) is 2.58. The van der Waals surface area contributed by atoms with Crippen molar-refractivity contribution < 1.29 is 4.79 Å². The first-order valence-corrected chi connectivity index (χ1v) is 8.19. The van der Waals surface area contributed by atoms with Gasteiger partial charge < -0.3 is 0 Å². The number of amides is 1. The summed E-state index contributed by atoms with van der Waals surface area (Å²) in [4.78, 5) is 16.9. The van der Waals surface area contributed by atoms with Gasteiger partial charge in [0.25, 0.3) is 5.91 Å². The van der Waals surface area contributed by atoms with E-state index in [2.05, 4.69) is 34.6 Å². The summed E-state index contributed by atoms with van der Waals surface area (Å²) in [5, 5.41) is 5.79. The van der Waals surface area contributed by atoms with E-state index in [9.17, 15) is 4.79 Å². The Bertz CT molecular complexity index is 1020. The Morgan fingerprint density at radius 3 is 2.61 bits per heavy atom. The van der Waals surface area contributed by atoms with Crippen LogP contribution in [0.2, 0.25) is 0 Å². The molecule has 0 fully saturated rings. The second-order valence-electron chi connectivity index (χ2n) is 5.47. The molecule has 3 nitrogen and oxygen atoms in total. The largest absolute Gasteiger partial charge is 0.298 e. The summed E-state index contributed by atoms with van der Waals surface area (Å²) in [6.45, 7) is 2.00. The predicted molar refractivity (Wildman–Crippen MR) is 96.3 cm³/mol. The summed E-state index contributed by atoms with van der Waals surface area (Å²) in [6, 6.07) is 19.8. The van der Waals surface area contributed by atoms with Gasteiger partial charge in [0.15, 0.2) is 5.13 Å². The van der Waals surface area contributed by atoms with Crippen LogP contribution in [0.4, 0.5) is 5.13 Å². The summed E-state index contributed by atoms with van der Waals surface area (Å²) in [6.07, 6.45) is 0. The molecule has 112 valence electrons. The van der Waals surface area contributed by atoms with Crippen molar-refractivity contribution in [1.29, 1.82) is 0 Å². The van der Waals surface area contributed by atoms with Crippen LogP contribution in [0.1, 0.15) is 15.9 Å². The molecule has 0 aliphatic rings. The lowest BCUT2D eigenvalue weighted by molar-refractivity contribution is 0.102. The minimum absolute atomic E-state index is 0.131. The molecule has 4 aromatic rings. The molecule has 0 saturated carbocycles. The highest BCUT2D eigenvalue weighted by Gasteiger charge is 2.11. The summed E-state index contributed by atoms with van der Waals surface area (Å²) in [5.41, 5.74) is 2.71. The fourth-order valence-electron chi connectivity index (χ4n) is 2.59. The molecule has 4 heteroatoms. The van der Waals surface area contributed by atoms with E-state index >= 15 is 0 Å². The Hall–Kier alpha value is -2.72. The molecule has 1 heterocycles. The zero-order chi connectivity index (χ0) is 15.8. The summed E-state index contributed by atoms with van der Waals surface area (Å²) in [7, 11) is 0. The Morgan fingerprint density at radius 2 is 1.78 bits per heavy atom. The predicted octanol–water partition coefficient (Wildman–Crippen LogP) is 5.01. The number of aromatic nitrogens is 1. The van der Waals surface area contributed by atoms with Gasteiger partial charge in [0.2, 0.25) is 0 Å². The van der Waals surface area contributed by atoms with Gasteiger partial charge in [0.1, 0.15) is 0 Å². The average Bonchev–Trinajstić information content (AvgIpc) is 2.98. The molecule has 0 bridgehead atoms. The number of nitrogens with zero attached hydrogens (tertiary/aromatic N) is 1. The molecule has 23 heavy (non-hydrogen) atoms. The summed E-state index contributed by atoms with van der Waals surface area (Å²) >= 11 is 1.50. The number of hydrogen-bond acceptors (Lipinski definition) is 3. The van der Waals surface area contributed by atoms with Gasteiger partial charge in [-0.05, 0) is 30.5 Å². The molecule has 3 aromatic carbocycles. The quantitative estimate of drug-likeness (QED) is 0.564. The first kappa shape index (κ1) is 13.9. The van der Waals surface area contributed by atoms with Crippen LogP contribution in [-0.2, 0) is 0 Å². The second-order valence-corrected chi connectivity index (χ2v) is 6.50. The van der Waals surface area contributed by atoms with Crippen LogP contribution >= 0.6 is 11.3 Å². The highest BCUT2D eigenvalue weighted by atomic mass is 32.1. The Morgan fingerprint density at radius 1 is 1.00 bits per heavy atom. The molecule has 1 amide bonds. The van der Waals surface area contributed by atoms with Gasteiger partial charge in [0, 0.05) is 10.9 Å². The van der Waals surface area contributed by atoms with Gasteiger partial charge in [-0.1, -0.05) is 59.4 Å². The smallest absolute Gasteiger partial charge is 0.257 e. The molecule has 0 atom stereocenters. The Balaban J connectivity index is 1.70. The van der Waals surface area contributed by atoms with E-state index in [1.165, 1.54) is 11.3 Å². The lowest BCUT2D eigenvalue weighted by Gasteiger charge is -2.01. The van der Waals surface area contributed by atoms with Gasteiger partial charge in [-0.25, -0.2) is 4.98 Å². The Labute approximate surface area is 137 Å². The highest BCUT2D eigenvalue weighted by molar-refractivity contribution is 7.22. The van der Waals surface area contributed by atoms with Crippen LogP contribution in [0.5, 0.6) is 0 Å². The number of benzene rings is 3. The molecule has 0 aliphatic carbocycles. The van der Waals surface area contributed by atoms with Crippen molar-refractivity contribution in [2.45, 2.75) is 6.92 Å². The van der Waals surface area contributed by atoms with Crippen LogP contribution in [0.15, 0.2) is 60.7 Å². The molecular formula is C19H14N2OS. The number of thiazole rings is 1. The maximum absolute atomic E-state index is 12.3. The van der Waals surface area contributed by atoms with Crippen LogP contribution in [0.3, 0.4) is 0 Å². The van der Waals surface area contributed by atoms with Gasteiger partial charge in [-0.2, -0.15) is 0 Å². The SMILES string of the molecule is Cc1ccc(C(=O)Nc2nc3c(ccc4ccccc43)s2)cc1.